The maximum atomic E-state index is 2.55. The van der Waals surface area contributed by atoms with Gasteiger partial charge in [-0.1, -0.05) is 121 Å². The molecule has 0 unspecified atom stereocenters. The fourth-order valence-corrected chi connectivity index (χ4v) is 10.8. The first kappa shape index (κ1) is 33.0. The van der Waals surface area contributed by atoms with Gasteiger partial charge >= 0.3 is 0 Å². The van der Waals surface area contributed by atoms with Gasteiger partial charge in [-0.25, -0.2) is 0 Å². The third kappa shape index (κ3) is 5.38. The van der Waals surface area contributed by atoms with Crippen LogP contribution in [0.3, 0.4) is 0 Å². The second kappa shape index (κ2) is 13.4. The highest BCUT2D eigenvalue weighted by atomic mass is 32.1. The van der Waals surface area contributed by atoms with Crippen molar-refractivity contribution in [2.45, 2.75) is 31.1 Å². The Bertz CT molecular complexity index is 2840. The van der Waals surface area contributed by atoms with Crippen molar-refractivity contribution in [2.24, 2.45) is 0 Å². The lowest BCUT2D eigenvalue weighted by Crippen LogP contribution is -2.22. The summed E-state index contributed by atoms with van der Waals surface area (Å²) in [4.78, 5) is 4.92. The molecule has 1 spiro atoms. The molecule has 2 aliphatic carbocycles. The second-order valence-electron chi connectivity index (χ2n) is 15.3. The van der Waals surface area contributed by atoms with Crippen LogP contribution in [0.5, 0.6) is 0 Å². The van der Waals surface area contributed by atoms with Crippen LogP contribution in [0, 0.1) is 0 Å². The topological polar surface area (TPSA) is 6.48 Å². The Morgan fingerprint density at radius 2 is 0.911 bits per heavy atom. The van der Waals surface area contributed by atoms with Gasteiger partial charge in [0.1, 0.15) is 0 Å². The van der Waals surface area contributed by atoms with Crippen molar-refractivity contribution in [3.8, 4) is 11.1 Å². The molecule has 1 atom stereocenters. The van der Waals surface area contributed by atoms with Crippen LogP contribution in [0.15, 0.2) is 194 Å². The molecule has 0 aliphatic heterocycles. The number of fused-ring (bicyclic) bond motifs is 7. The third-order valence-electron chi connectivity index (χ3n) is 12.3. The first-order valence-corrected chi connectivity index (χ1v) is 20.6. The van der Waals surface area contributed by atoms with Crippen LogP contribution in [0.1, 0.15) is 35.1 Å². The number of thiophene rings is 1. The minimum atomic E-state index is -0.0320. The predicted octanol–water partition coefficient (Wildman–Crippen LogP) is 14.8. The molecule has 2 aliphatic rings. The second-order valence-corrected chi connectivity index (χ2v) is 16.4. The molecule has 1 aromatic heterocycles. The summed E-state index contributed by atoms with van der Waals surface area (Å²) in [5.41, 5.74) is 15.5. The summed E-state index contributed by atoms with van der Waals surface area (Å²) in [5, 5.41) is 2.64. The maximum absolute atomic E-state index is 2.55. The lowest BCUT2D eigenvalue weighted by atomic mass is 9.76. The highest BCUT2D eigenvalue weighted by Gasteiger charge is 2.45. The maximum Gasteiger partial charge on any atom is 0.0540 e. The molecular weight excluding hydrogens is 697 g/mol. The Balaban J connectivity index is 1.08. The van der Waals surface area contributed by atoms with Crippen LogP contribution in [-0.4, -0.2) is 0 Å². The van der Waals surface area contributed by atoms with Crippen LogP contribution in [-0.2, 0) is 18.3 Å². The van der Waals surface area contributed by atoms with Gasteiger partial charge in [-0.2, -0.15) is 0 Å². The van der Waals surface area contributed by atoms with Crippen molar-refractivity contribution >= 4 is 65.6 Å². The summed E-state index contributed by atoms with van der Waals surface area (Å²) < 4.78 is 2.63. The zero-order valence-corrected chi connectivity index (χ0v) is 31.9. The zero-order chi connectivity index (χ0) is 37.1. The van der Waals surface area contributed by atoms with E-state index < -0.39 is 0 Å². The van der Waals surface area contributed by atoms with E-state index in [2.05, 4.69) is 204 Å². The van der Waals surface area contributed by atoms with Gasteiger partial charge in [-0.15, -0.1) is 11.3 Å². The van der Waals surface area contributed by atoms with Crippen molar-refractivity contribution in [2.75, 3.05) is 9.80 Å². The number of rotatable bonds is 7. The fourth-order valence-electron chi connectivity index (χ4n) is 9.65. The van der Waals surface area contributed by atoms with E-state index in [-0.39, 0.29) is 5.41 Å². The number of hydrogen-bond acceptors (Lipinski definition) is 3. The van der Waals surface area contributed by atoms with Crippen LogP contribution in [0.25, 0.3) is 31.3 Å². The van der Waals surface area contributed by atoms with Crippen LogP contribution >= 0.6 is 11.3 Å². The van der Waals surface area contributed by atoms with E-state index in [4.69, 9.17) is 0 Å². The Labute approximate surface area is 332 Å². The molecule has 56 heavy (non-hydrogen) atoms. The van der Waals surface area contributed by atoms with Gasteiger partial charge in [0.15, 0.2) is 0 Å². The van der Waals surface area contributed by atoms with E-state index in [0.29, 0.717) is 0 Å². The molecule has 0 saturated carbocycles. The first-order chi connectivity index (χ1) is 27.7. The van der Waals surface area contributed by atoms with Gasteiger partial charge in [0.2, 0.25) is 0 Å². The van der Waals surface area contributed by atoms with Gasteiger partial charge in [0.05, 0.1) is 5.69 Å². The van der Waals surface area contributed by atoms with Gasteiger partial charge in [-0.05, 0) is 126 Å². The van der Waals surface area contributed by atoms with Gasteiger partial charge in [0, 0.05) is 59.6 Å². The molecule has 9 aromatic rings. The van der Waals surface area contributed by atoms with Crippen LogP contribution in [0.4, 0.5) is 34.1 Å². The number of aryl methyl sites for hydroxylation is 2. The number of hydrogen-bond donors (Lipinski definition) is 0. The molecule has 11 rings (SSSR count). The first-order valence-electron chi connectivity index (χ1n) is 19.8. The van der Waals surface area contributed by atoms with Gasteiger partial charge in [0.25, 0.3) is 0 Å². The molecule has 1 heterocycles. The van der Waals surface area contributed by atoms with E-state index in [9.17, 15) is 0 Å². The molecule has 0 radical (unpaired) electrons. The average Bonchev–Trinajstić information content (AvgIpc) is 3.95. The quantitative estimate of drug-likeness (QED) is 0.161. The van der Waals surface area contributed by atoms with Gasteiger partial charge in [-0.3, -0.25) is 0 Å². The molecule has 0 N–H and O–H groups in total. The zero-order valence-electron chi connectivity index (χ0n) is 31.1. The summed E-state index contributed by atoms with van der Waals surface area (Å²) in [6.07, 6.45) is 4.45. The van der Waals surface area contributed by atoms with Crippen molar-refractivity contribution in [3.63, 3.8) is 0 Å². The Hall–Kier alpha value is -6.42. The number of anilines is 6. The molecule has 268 valence electrons. The lowest BCUT2D eigenvalue weighted by molar-refractivity contribution is 0.507. The minimum Gasteiger partial charge on any atom is -0.310 e. The molecule has 3 heteroatoms. The van der Waals surface area contributed by atoms with Crippen LogP contribution < -0.4 is 9.80 Å². The van der Waals surface area contributed by atoms with E-state index >= 15 is 0 Å². The molecule has 0 amide bonds. The van der Waals surface area contributed by atoms with E-state index in [1.807, 2.05) is 11.3 Å². The van der Waals surface area contributed by atoms with Crippen LogP contribution in [0.2, 0.25) is 0 Å². The summed E-state index contributed by atoms with van der Waals surface area (Å²) in [6.45, 7) is 0. The summed E-state index contributed by atoms with van der Waals surface area (Å²) >= 11 is 1.88. The minimum absolute atomic E-state index is 0.0320. The Kier molecular flexibility index (Phi) is 7.89. The summed E-state index contributed by atoms with van der Waals surface area (Å²) in [7, 11) is 0. The molecule has 0 saturated heterocycles. The number of nitrogens with zero attached hydrogens (tertiary/aromatic N) is 2. The fraction of sp³-hybridized carbons (Fsp3) is 0.0943. The van der Waals surface area contributed by atoms with Crippen molar-refractivity contribution < 1.29 is 0 Å². The van der Waals surface area contributed by atoms with Crippen molar-refractivity contribution in [3.05, 3.63) is 216 Å². The average molecular weight is 737 g/mol. The standard InChI is InChI=1S/C53H40N2S/c1-4-14-37(15-5-1)45-20-10-12-22-50(45)55(44-28-29-47-46-21-11-13-23-51(46)56-52(47)36-44)43-27-25-39-31-33-53(49(39)35-43)32-30-38-24-26-42(34-48(38)53)54(40-16-6-2-7-17-40)41-18-8-3-9-19-41/h1-29,34-36H,30-33H2/t53-/m1/s1. The van der Waals surface area contributed by atoms with E-state index in [0.717, 1.165) is 25.7 Å². The molecule has 2 nitrogen and oxygen atoms in total. The molecule has 8 aromatic carbocycles. The smallest absolute Gasteiger partial charge is 0.0540 e. The highest BCUT2D eigenvalue weighted by molar-refractivity contribution is 7.25. The van der Waals surface area contributed by atoms with Crippen molar-refractivity contribution in [1.82, 2.24) is 0 Å². The Morgan fingerprint density at radius 1 is 0.393 bits per heavy atom. The molecule has 0 fully saturated rings. The van der Waals surface area contributed by atoms with E-state index in [1.165, 1.54) is 87.7 Å². The van der Waals surface area contributed by atoms with E-state index in [1.54, 1.807) is 0 Å². The third-order valence-corrected chi connectivity index (χ3v) is 13.4. The van der Waals surface area contributed by atoms with Gasteiger partial charge < -0.3 is 9.80 Å². The normalized spacial score (nSPS) is 15.6. The molecule has 0 bridgehead atoms. The summed E-state index contributed by atoms with van der Waals surface area (Å²) in [6, 6.07) is 71.8. The monoisotopic (exact) mass is 736 g/mol. The highest BCUT2D eigenvalue weighted by Crippen LogP contribution is 2.55. The van der Waals surface area contributed by atoms with Crippen molar-refractivity contribution in [1.29, 1.82) is 0 Å². The largest absolute Gasteiger partial charge is 0.310 e. The Morgan fingerprint density at radius 3 is 1.59 bits per heavy atom. The molecular formula is C53H40N2S. The number of para-hydroxylation sites is 3. The summed E-state index contributed by atoms with van der Waals surface area (Å²) in [5.74, 6) is 0. The lowest BCUT2D eigenvalue weighted by Gasteiger charge is -2.32. The number of benzene rings is 8. The SMILES string of the molecule is c1ccc(-c2ccccc2N(c2ccc3c(c2)[C@]2(CCc4ccc(N(c5ccccc5)c5ccccc5)cc42)CC3)c2ccc3c(c2)sc2ccccc23)cc1. The predicted molar refractivity (Wildman–Crippen MR) is 238 cm³/mol.